The minimum absolute atomic E-state index is 0.592. The average molecular weight is 294 g/mol. The molecule has 3 rings (SSSR count). The SMILES string of the molecule is CCC1CCC(CNC2CCCC2C2COCCN2)CC1. The molecule has 0 radical (unpaired) electrons. The van der Waals surface area contributed by atoms with E-state index in [1.807, 2.05) is 0 Å². The summed E-state index contributed by atoms with van der Waals surface area (Å²) in [4.78, 5) is 0. The lowest BCUT2D eigenvalue weighted by Crippen LogP contribution is -2.51. The van der Waals surface area contributed by atoms with E-state index in [2.05, 4.69) is 17.6 Å². The van der Waals surface area contributed by atoms with Gasteiger partial charge in [0, 0.05) is 18.6 Å². The maximum Gasteiger partial charge on any atom is 0.0623 e. The zero-order valence-electron chi connectivity index (χ0n) is 13.8. The third-order valence-electron chi connectivity index (χ3n) is 6.25. The highest BCUT2D eigenvalue weighted by atomic mass is 16.5. The molecule has 1 saturated heterocycles. The van der Waals surface area contributed by atoms with Crippen LogP contribution in [0.3, 0.4) is 0 Å². The molecule has 1 heterocycles. The van der Waals surface area contributed by atoms with Crippen molar-refractivity contribution in [3.05, 3.63) is 0 Å². The summed E-state index contributed by atoms with van der Waals surface area (Å²) in [5.74, 6) is 2.74. The van der Waals surface area contributed by atoms with E-state index >= 15 is 0 Å². The van der Waals surface area contributed by atoms with Crippen molar-refractivity contribution in [3.8, 4) is 0 Å². The van der Waals surface area contributed by atoms with Gasteiger partial charge in [0.1, 0.15) is 0 Å². The number of ether oxygens (including phenoxy) is 1. The zero-order chi connectivity index (χ0) is 14.5. The highest BCUT2D eigenvalue weighted by Crippen LogP contribution is 2.32. The summed E-state index contributed by atoms with van der Waals surface area (Å²) in [6, 6.07) is 1.32. The van der Waals surface area contributed by atoms with Crippen molar-refractivity contribution in [1.29, 1.82) is 0 Å². The fourth-order valence-corrected chi connectivity index (χ4v) is 4.75. The molecule has 3 fully saturated rings. The molecule has 2 aliphatic carbocycles. The first-order valence-corrected chi connectivity index (χ1v) is 9.41. The molecule has 21 heavy (non-hydrogen) atoms. The van der Waals surface area contributed by atoms with Crippen LogP contribution in [0.5, 0.6) is 0 Å². The lowest BCUT2D eigenvalue weighted by Gasteiger charge is -2.34. The first-order valence-electron chi connectivity index (χ1n) is 9.41. The number of morpholine rings is 1. The molecule has 0 bridgehead atoms. The van der Waals surface area contributed by atoms with Crippen molar-refractivity contribution in [2.24, 2.45) is 17.8 Å². The van der Waals surface area contributed by atoms with Crippen molar-refractivity contribution in [2.75, 3.05) is 26.3 Å². The highest BCUT2D eigenvalue weighted by molar-refractivity contribution is 4.92. The molecule has 0 aromatic heterocycles. The third-order valence-corrected chi connectivity index (χ3v) is 6.25. The van der Waals surface area contributed by atoms with Crippen LogP contribution in [0.2, 0.25) is 0 Å². The standard InChI is InChI=1S/C18H34N2O/c1-2-14-6-8-15(9-7-14)12-20-17-5-3-4-16(17)18-13-21-11-10-19-18/h14-20H,2-13H2,1H3. The summed E-state index contributed by atoms with van der Waals surface area (Å²) in [6.45, 7) is 6.46. The molecule has 3 nitrogen and oxygen atoms in total. The molecule has 122 valence electrons. The predicted octanol–water partition coefficient (Wildman–Crippen LogP) is 2.95. The van der Waals surface area contributed by atoms with Crippen LogP contribution in [0, 0.1) is 17.8 Å². The Morgan fingerprint density at radius 2 is 1.86 bits per heavy atom. The molecule has 2 saturated carbocycles. The van der Waals surface area contributed by atoms with E-state index in [1.165, 1.54) is 57.9 Å². The van der Waals surface area contributed by atoms with Crippen molar-refractivity contribution in [1.82, 2.24) is 10.6 Å². The van der Waals surface area contributed by atoms with Crippen molar-refractivity contribution in [3.63, 3.8) is 0 Å². The van der Waals surface area contributed by atoms with Gasteiger partial charge in [-0.3, -0.25) is 0 Å². The molecule has 3 atom stereocenters. The molecule has 0 spiro atoms. The van der Waals surface area contributed by atoms with Gasteiger partial charge in [0.25, 0.3) is 0 Å². The Morgan fingerprint density at radius 3 is 2.57 bits per heavy atom. The number of rotatable bonds is 5. The van der Waals surface area contributed by atoms with Crippen LogP contribution >= 0.6 is 0 Å². The Labute approximate surface area is 130 Å². The summed E-state index contributed by atoms with van der Waals surface area (Å²) in [5.41, 5.74) is 0. The van der Waals surface area contributed by atoms with Crippen LogP contribution in [0.1, 0.15) is 58.3 Å². The van der Waals surface area contributed by atoms with Crippen LogP contribution in [-0.4, -0.2) is 38.4 Å². The largest absolute Gasteiger partial charge is 0.379 e. The lowest BCUT2D eigenvalue weighted by atomic mass is 9.80. The van der Waals surface area contributed by atoms with Gasteiger partial charge in [-0.05, 0) is 50.0 Å². The van der Waals surface area contributed by atoms with Gasteiger partial charge in [-0.1, -0.05) is 32.6 Å². The summed E-state index contributed by atoms with van der Waals surface area (Å²) in [6.07, 6.45) is 11.4. The quantitative estimate of drug-likeness (QED) is 0.818. The fourth-order valence-electron chi connectivity index (χ4n) is 4.75. The summed E-state index contributed by atoms with van der Waals surface area (Å²) >= 11 is 0. The normalized spacial score (nSPS) is 41.3. The van der Waals surface area contributed by atoms with E-state index < -0.39 is 0 Å². The maximum absolute atomic E-state index is 5.67. The Morgan fingerprint density at radius 1 is 1.05 bits per heavy atom. The highest BCUT2D eigenvalue weighted by Gasteiger charge is 2.34. The Hall–Kier alpha value is -0.120. The molecule has 3 unspecified atom stereocenters. The summed E-state index contributed by atoms with van der Waals surface area (Å²) in [7, 11) is 0. The van der Waals surface area contributed by atoms with Crippen molar-refractivity contribution >= 4 is 0 Å². The molecular formula is C18H34N2O. The molecule has 3 aliphatic rings. The molecule has 0 aromatic rings. The topological polar surface area (TPSA) is 33.3 Å². The second-order valence-electron chi connectivity index (χ2n) is 7.54. The summed E-state index contributed by atoms with van der Waals surface area (Å²) < 4.78 is 5.67. The van der Waals surface area contributed by atoms with Crippen LogP contribution < -0.4 is 10.6 Å². The smallest absolute Gasteiger partial charge is 0.0623 e. The van der Waals surface area contributed by atoms with Gasteiger partial charge >= 0.3 is 0 Å². The van der Waals surface area contributed by atoms with Gasteiger partial charge in [-0.2, -0.15) is 0 Å². The van der Waals surface area contributed by atoms with Crippen molar-refractivity contribution in [2.45, 2.75) is 70.4 Å². The predicted molar refractivity (Wildman–Crippen MR) is 87.5 cm³/mol. The second-order valence-corrected chi connectivity index (χ2v) is 7.54. The van der Waals surface area contributed by atoms with E-state index in [4.69, 9.17) is 4.74 Å². The monoisotopic (exact) mass is 294 g/mol. The molecule has 1 aliphatic heterocycles. The zero-order valence-corrected chi connectivity index (χ0v) is 13.8. The fraction of sp³-hybridized carbons (Fsp3) is 1.00. The molecular weight excluding hydrogens is 260 g/mol. The van der Waals surface area contributed by atoms with E-state index in [0.29, 0.717) is 6.04 Å². The van der Waals surface area contributed by atoms with Crippen LogP contribution in [0.15, 0.2) is 0 Å². The third kappa shape index (κ3) is 4.20. The lowest BCUT2D eigenvalue weighted by molar-refractivity contribution is 0.0520. The van der Waals surface area contributed by atoms with E-state index in [-0.39, 0.29) is 0 Å². The Bertz CT molecular complexity index is 296. The van der Waals surface area contributed by atoms with Gasteiger partial charge in [0.2, 0.25) is 0 Å². The minimum atomic E-state index is 0.592. The molecule has 0 aromatic carbocycles. The van der Waals surface area contributed by atoms with E-state index in [0.717, 1.165) is 43.6 Å². The number of nitrogens with one attached hydrogen (secondary N) is 2. The average Bonchev–Trinajstić information content (AvgIpc) is 3.03. The van der Waals surface area contributed by atoms with E-state index in [9.17, 15) is 0 Å². The molecule has 3 heteroatoms. The van der Waals surface area contributed by atoms with Gasteiger partial charge in [-0.15, -0.1) is 0 Å². The summed E-state index contributed by atoms with van der Waals surface area (Å²) in [5, 5.41) is 7.61. The Balaban J connectivity index is 1.41. The van der Waals surface area contributed by atoms with Crippen LogP contribution in [-0.2, 0) is 4.74 Å². The van der Waals surface area contributed by atoms with Gasteiger partial charge in [0.05, 0.1) is 13.2 Å². The number of hydrogen-bond acceptors (Lipinski definition) is 3. The first-order chi connectivity index (χ1) is 10.4. The molecule has 2 N–H and O–H groups in total. The number of hydrogen-bond donors (Lipinski definition) is 2. The van der Waals surface area contributed by atoms with Gasteiger partial charge in [-0.25, -0.2) is 0 Å². The first kappa shape index (κ1) is 15.8. The minimum Gasteiger partial charge on any atom is -0.379 e. The Kier molecular flexibility index (Phi) is 5.96. The van der Waals surface area contributed by atoms with E-state index in [1.54, 1.807) is 0 Å². The maximum atomic E-state index is 5.67. The van der Waals surface area contributed by atoms with Crippen LogP contribution in [0.4, 0.5) is 0 Å². The van der Waals surface area contributed by atoms with Crippen LogP contribution in [0.25, 0.3) is 0 Å². The van der Waals surface area contributed by atoms with Crippen molar-refractivity contribution < 1.29 is 4.74 Å². The van der Waals surface area contributed by atoms with Gasteiger partial charge in [0.15, 0.2) is 0 Å². The second kappa shape index (κ2) is 7.94. The molecule has 0 amide bonds. The van der Waals surface area contributed by atoms with Gasteiger partial charge < -0.3 is 15.4 Å².